The summed E-state index contributed by atoms with van der Waals surface area (Å²) in [5, 5.41) is 7.15. The van der Waals surface area contributed by atoms with Crippen molar-refractivity contribution < 1.29 is 13.2 Å². The molecule has 26 heavy (non-hydrogen) atoms. The maximum atomic E-state index is 13.0. The minimum atomic E-state index is -3.75. The van der Waals surface area contributed by atoms with Gasteiger partial charge in [0.25, 0.3) is 15.9 Å². The van der Waals surface area contributed by atoms with E-state index in [2.05, 4.69) is 17.3 Å². The molecule has 0 spiro atoms. The number of nitrogens with one attached hydrogen (secondary N) is 1. The van der Waals surface area contributed by atoms with E-state index in [1.54, 1.807) is 18.0 Å². The van der Waals surface area contributed by atoms with Crippen LogP contribution in [0.5, 0.6) is 0 Å². The zero-order valence-corrected chi connectivity index (χ0v) is 17.1. The number of amides is 1. The second-order valence-corrected chi connectivity index (χ2v) is 10.2. The molecule has 0 atom stereocenters. The number of rotatable bonds is 5. The lowest BCUT2D eigenvalue weighted by atomic mass is 9.87. The van der Waals surface area contributed by atoms with E-state index in [-0.39, 0.29) is 22.5 Å². The van der Waals surface area contributed by atoms with Gasteiger partial charge in [0, 0.05) is 43.4 Å². The molecule has 146 valence electrons. The Morgan fingerprint density at radius 1 is 1.27 bits per heavy atom. The van der Waals surface area contributed by atoms with Gasteiger partial charge >= 0.3 is 0 Å². The van der Waals surface area contributed by atoms with Crippen LogP contribution in [0, 0.1) is 5.92 Å². The van der Waals surface area contributed by atoms with Crippen LogP contribution in [0.25, 0.3) is 0 Å². The Morgan fingerprint density at radius 2 is 1.92 bits per heavy atom. The minimum Gasteiger partial charge on any atom is -0.349 e. The van der Waals surface area contributed by atoms with Gasteiger partial charge < -0.3 is 5.32 Å². The first-order chi connectivity index (χ1) is 12.4. The molecule has 2 heterocycles. The van der Waals surface area contributed by atoms with Crippen molar-refractivity contribution >= 4 is 27.7 Å². The SMILES string of the molecule is CCn1cc(C(=O)NC2CCC(C)CC2)c(S(=O)(=O)N2CCSCC2)n1. The Balaban J connectivity index is 1.82. The van der Waals surface area contributed by atoms with Crippen molar-refractivity contribution in [1.29, 1.82) is 0 Å². The first kappa shape index (κ1) is 19.7. The quantitative estimate of drug-likeness (QED) is 0.817. The van der Waals surface area contributed by atoms with Crippen LogP contribution in [0.4, 0.5) is 0 Å². The normalized spacial score (nSPS) is 25.2. The lowest BCUT2D eigenvalue weighted by molar-refractivity contribution is 0.0919. The number of carbonyl (C=O) groups excluding carboxylic acids is 1. The van der Waals surface area contributed by atoms with Crippen molar-refractivity contribution in [2.45, 2.75) is 57.1 Å². The number of carbonyl (C=O) groups is 1. The van der Waals surface area contributed by atoms with Gasteiger partial charge in [-0.1, -0.05) is 6.92 Å². The van der Waals surface area contributed by atoms with Crippen LogP contribution in [-0.4, -0.2) is 59.0 Å². The molecule has 1 aromatic rings. The number of hydrogen-bond donors (Lipinski definition) is 1. The Kier molecular flexibility index (Phi) is 6.29. The van der Waals surface area contributed by atoms with Gasteiger partial charge in [-0.05, 0) is 38.5 Å². The number of nitrogens with zero attached hydrogens (tertiary/aromatic N) is 3. The van der Waals surface area contributed by atoms with Gasteiger partial charge in [0.1, 0.15) is 0 Å². The predicted molar refractivity (Wildman–Crippen MR) is 103 cm³/mol. The zero-order valence-electron chi connectivity index (χ0n) is 15.5. The highest BCUT2D eigenvalue weighted by molar-refractivity contribution is 7.99. The van der Waals surface area contributed by atoms with Crippen LogP contribution in [0.1, 0.15) is 49.9 Å². The van der Waals surface area contributed by atoms with Gasteiger partial charge in [0.2, 0.25) is 5.03 Å². The van der Waals surface area contributed by atoms with Crippen molar-refractivity contribution in [3.8, 4) is 0 Å². The molecule has 1 N–H and O–H groups in total. The van der Waals surface area contributed by atoms with Gasteiger partial charge in [-0.3, -0.25) is 9.48 Å². The summed E-state index contributed by atoms with van der Waals surface area (Å²) in [5.41, 5.74) is 0.170. The number of aromatic nitrogens is 2. The highest BCUT2D eigenvalue weighted by Gasteiger charge is 2.34. The third kappa shape index (κ3) is 4.26. The van der Waals surface area contributed by atoms with E-state index < -0.39 is 10.0 Å². The molecule has 9 heteroatoms. The maximum Gasteiger partial charge on any atom is 0.263 e. The standard InChI is InChI=1S/C17H28N4O3S2/c1-3-20-12-15(16(22)18-14-6-4-13(2)5-7-14)17(19-20)26(23,24)21-8-10-25-11-9-21/h12-14H,3-11H2,1-2H3,(H,18,22). The highest BCUT2D eigenvalue weighted by Crippen LogP contribution is 2.25. The van der Waals surface area contributed by atoms with Crippen molar-refractivity contribution in [2.75, 3.05) is 24.6 Å². The van der Waals surface area contributed by atoms with Gasteiger partial charge in [-0.25, -0.2) is 8.42 Å². The van der Waals surface area contributed by atoms with Crippen LogP contribution in [-0.2, 0) is 16.6 Å². The maximum absolute atomic E-state index is 13.0. The van der Waals surface area contributed by atoms with Gasteiger partial charge in [0.15, 0.2) is 0 Å². The molecule has 2 aliphatic rings. The fourth-order valence-electron chi connectivity index (χ4n) is 3.49. The third-order valence-electron chi connectivity index (χ3n) is 5.20. The van der Waals surface area contributed by atoms with E-state index in [0.717, 1.165) is 37.2 Å². The van der Waals surface area contributed by atoms with Crippen LogP contribution < -0.4 is 5.32 Å². The molecule has 1 saturated heterocycles. The number of aryl methyl sites for hydroxylation is 1. The van der Waals surface area contributed by atoms with Gasteiger partial charge in [-0.2, -0.15) is 21.2 Å². The molecule has 0 radical (unpaired) electrons. The summed E-state index contributed by atoms with van der Waals surface area (Å²) in [6.45, 7) is 5.56. The minimum absolute atomic E-state index is 0.104. The van der Waals surface area contributed by atoms with E-state index in [1.807, 2.05) is 6.92 Å². The van der Waals surface area contributed by atoms with Crippen molar-refractivity contribution in [1.82, 2.24) is 19.4 Å². The Bertz CT molecular complexity index is 733. The lowest BCUT2D eigenvalue weighted by Gasteiger charge is -2.27. The summed E-state index contributed by atoms with van der Waals surface area (Å²) in [6.07, 6.45) is 5.64. The number of hydrogen-bond acceptors (Lipinski definition) is 5. The monoisotopic (exact) mass is 400 g/mol. The molecule has 7 nitrogen and oxygen atoms in total. The largest absolute Gasteiger partial charge is 0.349 e. The van der Waals surface area contributed by atoms with E-state index in [4.69, 9.17) is 0 Å². The Hall–Kier alpha value is -1.06. The van der Waals surface area contributed by atoms with E-state index in [0.29, 0.717) is 25.6 Å². The van der Waals surface area contributed by atoms with Crippen LogP contribution in [0.15, 0.2) is 11.2 Å². The smallest absolute Gasteiger partial charge is 0.263 e. The molecule has 0 bridgehead atoms. The fraction of sp³-hybridized carbons (Fsp3) is 0.765. The molecule has 1 amide bonds. The summed E-state index contributed by atoms with van der Waals surface area (Å²) in [5.74, 6) is 1.92. The van der Waals surface area contributed by atoms with Gasteiger partial charge in [-0.15, -0.1) is 0 Å². The first-order valence-corrected chi connectivity index (χ1v) is 12.0. The highest BCUT2D eigenvalue weighted by atomic mass is 32.2. The van der Waals surface area contributed by atoms with Crippen LogP contribution in [0.3, 0.4) is 0 Å². The molecule has 3 rings (SSSR count). The third-order valence-corrected chi connectivity index (χ3v) is 7.98. The van der Waals surface area contributed by atoms with E-state index >= 15 is 0 Å². The first-order valence-electron chi connectivity index (χ1n) is 9.38. The molecule has 2 fully saturated rings. The summed E-state index contributed by atoms with van der Waals surface area (Å²) in [4.78, 5) is 12.8. The Labute approximate surface area is 159 Å². The molecule has 1 aliphatic heterocycles. The van der Waals surface area contributed by atoms with Crippen molar-refractivity contribution in [2.24, 2.45) is 5.92 Å². The molecule has 1 saturated carbocycles. The lowest BCUT2D eigenvalue weighted by Crippen LogP contribution is -2.40. The second-order valence-electron chi connectivity index (χ2n) is 7.15. The second kappa shape index (κ2) is 8.31. The van der Waals surface area contributed by atoms with Crippen molar-refractivity contribution in [3.05, 3.63) is 11.8 Å². The van der Waals surface area contributed by atoms with Crippen LogP contribution >= 0.6 is 11.8 Å². The topological polar surface area (TPSA) is 84.3 Å². The molecular formula is C17H28N4O3S2. The number of sulfonamides is 1. The average molecular weight is 401 g/mol. The summed E-state index contributed by atoms with van der Waals surface area (Å²) in [7, 11) is -3.75. The molecule has 0 unspecified atom stereocenters. The average Bonchev–Trinajstić information content (AvgIpc) is 3.10. The van der Waals surface area contributed by atoms with E-state index in [1.165, 1.54) is 8.99 Å². The van der Waals surface area contributed by atoms with E-state index in [9.17, 15) is 13.2 Å². The zero-order chi connectivity index (χ0) is 18.7. The summed E-state index contributed by atoms with van der Waals surface area (Å²) >= 11 is 1.74. The molecule has 1 aliphatic carbocycles. The molecule has 1 aromatic heterocycles. The van der Waals surface area contributed by atoms with Gasteiger partial charge in [0.05, 0.1) is 5.56 Å². The summed E-state index contributed by atoms with van der Waals surface area (Å²) in [6, 6.07) is 0.116. The van der Waals surface area contributed by atoms with Crippen LogP contribution in [0.2, 0.25) is 0 Å². The predicted octanol–water partition coefficient (Wildman–Crippen LogP) is 1.95. The van der Waals surface area contributed by atoms with Crippen molar-refractivity contribution in [3.63, 3.8) is 0 Å². The molecule has 0 aromatic carbocycles. The Morgan fingerprint density at radius 3 is 2.54 bits per heavy atom. The fourth-order valence-corrected chi connectivity index (χ4v) is 6.16. The summed E-state index contributed by atoms with van der Waals surface area (Å²) < 4.78 is 29.1. The number of thioether (sulfide) groups is 1. The molecular weight excluding hydrogens is 372 g/mol.